The molecule has 0 N–H and O–H groups in total. The Kier molecular flexibility index (Phi) is 10.3. The minimum absolute atomic E-state index is 0.0877. The minimum atomic E-state index is -0.180. The Balaban J connectivity index is 1.54. The summed E-state index contributed by atoms with van der Waals surface area (Å²) in [6.45, 7) is 6.23. The zero-order valence-corrected chi connectivity index (χ0v) is 20.9. The summed E-state index contributed by atoms with van der Waals surface area (Å²) >= 11 is 0. The number of rotatable bonds is 13. The molecule has 0 bridgehead atoms. The van der Waals surface area contributed by atoms with Crippen LogP contribution >= 0.6 is 0 Å². The highest BCUT2D eigenvalue weighted by Gasteiger charge is 2.14. The molecule has 0 aliphatic carbocycles. The maximum Gasteiger partial charge on any atom is 0.314 e. The minimum Gasteiger partial charge on any atom is -0.426 e. The van der Waals surface area contributed by atoms with Crippen molar-refractivity contribution in [3.63, 3.8) is 0 Å². The molecule has 0 fully saturated rings. The fourth-order valence-corrected chi connectivity index (χ4v) is 4.04. The van der Waals surface area contributed by atoms with Crippen molar-refractivity contribution < 1.29 is 9.53 Å². The quantitative estimate of drug-likeness (QED) is 0.148. The predicted molar refractivity (Wildman–Crippen MR) is 140 cm³/mol. The third kappa shape index (κ3) is 7.79. The predicted octanol–water partition coefficient (Wildman–Crippen LogP) is 8.06. The lowest BCUT2D eigenvalue weighted by Crippen LogP contribution is -2.17. The molecule has 0 amide bonds. The van der Waals surface area contributed by atoms with Crippen molar-refractivity contribution in [3.05, 3.63) is 66.5 Å². The van der Waals surface area contributed by atoms with Crippen LogP contribution < -0.4 is 4.74 Å². The number of hydrogen-bond donors (Lipinski definition) is 0. The second-order valence-electron chi connectivity index (χ2n) is 9.15. The molecule has 0 aliphatic heterocycles. The molecule has 1 atom stereocenters. The summed E-state index contributed by atoms with van der Waals surface area (Å²) < 4.78 is 5.48. The SMILES string of the molecule is CCCCCCCCc1ccc(-c2ncc(-c3ccc(OC(=O)C(C)CCC)cc3)cn2)cc1. The Labute approximate surface area is 204 Å². The number of hydrogen-bond acceptors (Lipinski definition) is 4. The summed E-state index contributed by atoms with van der Waals surface area (Å²) in [6, 6.07) is 16.1. The third-order valence-corrected chi connectivity index (χ3v) is 6.21. The molecule has 0 aliphatic rings. The lowest BCUT2D eigenvalue weighted by molar-refractivity contribution is -0.138. The number of esters is 1. The van der Waals surface area contributed by atoms with E-state index in [1.165, 1.54) is 44.1 Å². The molecule has 1 unspecified atom stereocenters. The van der Waals surface area contributed by atoms with Gasteiger partial charge in [-0.2, -0.15) is 0 Å². The molecular formula is C30H38N2O2. The Morgan fingerprint density at radius 2 is 1.38 bits per heavy atom. The molecule has 180 valence electrons. The van der Waals surface area contributed by atoms with Crippen LogP contribution in [-0.4, -0.2) is 15.9 Å². The van der Waals surface area contributed by atoms with Gasteiger partial charge in [0.2, 0.25) is 0 Å². The molecule has 1 heterocycles. The molecule has 3 aromatic rings. The monoisotopic (exact) mass is 458 g/mol. The zero-order valence-electron chi connectivity index (χ0n) is 20.9. The normalized spacial score (nSPS) is 11.9. The Hall–Kier alpha value is -3.01. The Morgan fingerprint density at radius 1 is 0.765 bits per heavy atom. The molecule has 0 radical (unpaired) electrons. The van der Waals surface area contributed by atoms with Crippen LogP contribution in [-0.2, 0) is 11.2 Å². The number of carbonyl (C=O) groups is 1. The topological polar surface area (TPSA) is 52.1 Å². The van der Waals surface area contributed by atoms with Crippen LogP contribution in [0.5, 0.6) is 5.75 Å². The van der Waals surface area contributed by atoms with E-state index in [0.717, 1.165) is 41.8 Å². The molecule has 4 heteroatoms. The molecule has 0 saturated carbocycles. The molecule has 4 nitrogen and oxygen atoms in total. The van der Waals surface area contributed by atoms with Gasteiger partial charge in [0.25, 0.3) is 0 Å². The zero-order chi connectivity index (χ0) is 24.2. The Bertz CT molecular complexity index is 995. The first-order chi connectivity index (χ1) is 16.6. The highest BCUT2D eigenvalue weighted by Crippen LogP contribution is 2.24. The summed E-state index contributed by atoms with van der Waals surface area (Å²) in [6.07, 6.45) is 14.5. The average Bonchev–Trinajstić information content (AvgIpc) is 2.87. The lowest BCUT2D eigenvalue weighted by atomic mass is 10.0. The first kappa shape index (κ1) is 25.6. The second-order valence-corrected chi connectivity index (χ2v) is 9.15. The van der Waals surface area contributed by atoms with Crippen molar-refractivity contribution in [2.24, 2.45) is 5.92 Å². The summed E-state index contributed by atoms with van der Waals surface area (Å²) in [7, 11) is 0. The largest absolute Gasteiger partial charge is 0.426 e. The van der Waals surface area contributed by atoms with E-state index in [4.69, 9.17) is 4.74 Å². The van der Waals surface area contributed by atoms with E-state index in [2.05, 4.69) is 48.1 Å². The van der Waals surface area contributed by atoms with E-state index in [0.29, 0.717) is 5.75 Å². The van der Waals surface area contributed by atoms with Crippen molar-refractivity contribution in [1.29, 1.82) is 0 Å². The van der Waals surface area contributed by atoms with Crippen molar-refractivity contribution in [2.45, 2.75) is 78.6 Å². The smallest absolute Gasteiger partial charge is 0.314 e. The van der Waals surface area contributed by atoms with Crippen LogP contribution in [0.1, 0.15) is 77.7 Å². The van der Waals surface area contributed by atoms with E-state index in [1.54, 1.807) is 0 Å². The Morgan fingerprint density at radius 3 is 2.03 bits per heavy atom. The lowest BCUT2D eigenvalue weighted by Gasteiger charge is -2.10. The van der Waals surface area contributed by atoms with Crippen molar-refractivity contribution in [2.75, 3.05) is 0 Å². The number of aromatic nitrogens is 2. The third-order valence-electron chi connectivity index (χ3n) is 6.21. The first-order valence-electron chi connectivity index (χ1n) is 12.8. The molecular weight excluding hydrogens is 420 g/mol. The van der Waals surface area contributed by atoms with Gasteiger partial charge in [-0.1, -0.05) is 95.7 Å². The van der Waals surface area contributed by atoms with Gasteiger partial charge in [0.1, 0.15) is 5.75 Å². The van der Waals surface area contributed by atoms with E-state index in [-0.39, 0.29) is 11.9 Å². The molecule has 1 aromatic heterocycles. The van der Waals surface area contributed by atoms with E-state index < -0.39 is 0 Å². The highest BCUT2D eigenvalue weighted by molar-refractivity contribution is 5.75. The standard InChI is InChI=1S/C30H38N2O2/c1-4-6-7-8-9-10-12-24-13-15-26(16-14-24)29-31-21-27(22-32-29)25-17-19-28(20-18-25)34-30(33)23(3)11-5-2/h13-23H,4-12H2,1-3H3. The molecule has 0 saturated heterocycles. The number of benzene rings is 2. The molecule has 3 rings (SSSR count). The van der Waals surface area contributed by atoms with Crippen LogP contribution in [0.2, 0.25) is 0 Å². The van der Waals surface area contributed by atoms with Gasteiger partial charge >= 0.3 is 5.97 Å². The summed E-state index contributed by atoms with van der Waals surface area (Å²) in [5.74, 6) is 1.02. The second kappa shape index (κ2) is 13.6. The maximum atomic E-state index is 12.1. The number of ether oxygens (including phenoxy) is 1. The fraction of sp³-hybridized carbons (Fsp3) is 0.433. The number of unbranched alkanes of at least 4 members (excludes halogenated alkanes) is 5. The summed E-state index contributed by atoms with van der Waals surface area (Å²) in [5, 5.41) is 0. The summed E-state index contributed by atoms with van der Waals surface area (Å²) in [5.41, 5.74) is 4.32. The van der Waals surface area contributed by atoms with Crippen LogP contribution in [0.3, 0.4) is 0 Å². The maximum absolute atomic E-state index is 12.1. The fourth-order valence-electron chi connectivity index (χ4n) is 4.04. The van der Waals surface area contributed by atoms with Gasteiger partial charge < -0.3 is 4.74 Å². The van der Waals surface area contributed by atoms with Crippen LogP contribution in [0.4, 0.5) is 0 Å². The van der Waals surface area contributed by atoms with Gasteiger partial charge in [-0.3, -0.25) is 4.79 Å². The van der Waals surface area contributed by atoms with Crippen molar-refractivity contribution in [1.82, 2.24) is 9.97 Å². The number of nitrogens with zero attached hydrogens (tertiary/aromatic N) is 2. The van der Waals surface area contributed by atoms with E-state index in [9.17, 15) is 4.79 Å². The van der Waals surface area contributed by atoms with Crippen molar-refractivity contribution >= 4 is 5.97 Å². The average molecular weight is 459 g/mol. The number of carbonyl (C=O) groups excluding carboxylic acids is 1. The van der Waals surface area contributed by atoms with Crippen LogP contribution in [0.25, 0.3) is 22.5 Å². The van der Waals surface area contributed by atoms with E-state index >= 15 is 0 Å². The van der Waals surface area contributed by atoms with Gasteiger partial charge in [0, 0.05) is 23.5 Å². The highest BCUT2D eigenvalue weighted by atomic mass is 16.5. The van der Waals surface area contributed by atoms with Gasteiger partial charge in [-0.05, 0) is 42.5 Å². The van der Waals surface area contributed by atoms with Crippen LogP contribution in [0, 0.1) is 5.92 Å². The van der Waals surface area contributed by atoms with Crippen LogP contribution in [0.15, 0.2) is 60.9 Å². The van der Waals surface area contributed by atoms with Crippen molar-refractivity contribution in [3.8, 4) is 28.3 Å². The van der Waals surface area contributed by atoms with Gasteiger partial charge in [-0.15, -0.1) is 0 Å². The number of aryl methyl sites for hydroxylation is 1. The summed E-state index contributed by atoms with van der Waals surface area (Å²) in [4.78, 5) is 21.3. The first-order valence-corrected chi connectivity index (χ1v) is 12.8. The van der Waals surface area contributed by atoms with Gasteiger partial charge in [0.05, 0.1) is 5.92 Å². The molecule has 2 aromatic carbocycles. The molecule has 0 spiro atoms. The molecule has 34 heavy (non-hydrogen) atoms. The van der Waals surface area contributed by atoms with Gasteiger partial charge in [0.15, 0.2) is 5.82 Å². The van der Waals surface area contributed by atoms with E-state index in [1.807, 2.05) is 43.6 Å². The van der Waals surface area contributed by atoms with Gasteiger partial charge in [-0.25, -0.2) is 9.97 Å².